The third kappa shape index (κ3) is 5.73. The molecular formula is C21H25ClN2O3. The molecule has 0 aliphatic heterocycles. The molecule has 0 spiro atoms. The largest absolute Gasteiger partial charge is 0.482 e. The van der Waals surface area contributed by atoms with Crippen molar-refractivity contribution in [3.63, 3.8) is 0 Å². The van der Waals surface area contributed by atoms with Gasteiger partial charge in [0.1, 0.15) is 11.8 Å². The second-order valence-electron chi connectivity index (χ2n) is 6.26. The Morgan fingerprint density at radius 1 is 1.15 bits per heavy atom. The average molecular weight is 389 g/mol. The Bertz CT molecular complexity index is 777. The van der Waals surface area contributed by atoms with Gasteiger partial charge in [0.15, 0.2) is 6.61 Å². The zero-order valence-electron chi connectivity index (χ0n) is 15.9. The van der Waals surface area contributed by atoms with E-state index in [9.17, 15) is 9.59 Å². The van der Waals surface area contributed by atoms with Crippen LogP contribution < -0.4 is 10.1 Å². The third-order valence-corrected chi connectivity index (χ3v) is 4.61. The number of amides is 2. The molecule has 27 heavy (non-hydrogen) atoms. The summed E-state index contributed by atoms with van der Waals surface area (Å²) in [7, 11) is 1.57. The number of rotatable bonds is 8. The van der Waals surface area contributed by atoms with E-state index in [4.69, 9.17) is 16.3 Å². The first-order chi connectivity index (χ1) is 13.0. The highest BCUT2D eigenvalue weighted by molar-refractivity contribution is 6.32. The number of benzene rings is 2. The molecule has 0 saturated carbocycles. The van der Waals surface area contributed by atoms with Gasteiger partial charge in [-0.3, -0.25) is 9.59 Å². The molecule has 2 rings (SSSR count). The van der Waals surface area contributed by atoms with Crippen molar-refractivity contribution >= 4 is 23.4 Å². The first kappa shape index (κ1) is 20.8. The summed E-state index contributed by atoms with van der Waals surface area (Å²) >= 11 is 6.08. The molecule has 0 fully saturated rings. The van der Waals surface area contributed by atoms with Crippen LogP contribution >= 0.6 is 11.6 Å². The van der Waals surface area contributed by atoms with Gasteiger partial charge < -0.3 is 15.0 Å². The van der Waals surface area contributed by atoms with E-state index in [1.165, 1.54) is 0 Å². The van der Waals surface area contributed by atoms with Crippen molar-refractivity contribution in [2.45, 2.75) is 32.9 Å². The van der Waals surface area contributed by atoms with E-state index in [0.717, 1.165) is 11.1 Å². The highest BCUT2D eigenvalue weighted by atomic mass is 35.5. The van der Waals surface area contributed by atoms with Crippen LogP contribution in [0.4, 0.5) is 0 Å². The number of halogens is 1. The smallest absolute Gasteiger partial charge is 0.261 e. The van der Waals surface area contributed by atoms with Gasteiger partial charge in [0.2, 0.25) is 5.91 Å². The predicted octanol–water partition coefficient (Wildman–Crippen LogP) is 3.58. The molecule has 144 valence electrons. The Hall–Kier alpha value is -2.53. The van der Waals surface area contributed by atoms with Gasteiger partial charge in [-0.05, 0) is 31.0 Å². The summed E-state index contributed by atoms with van der Waals surface area (Å²) < 4.78 is 5.59. The fourth-order valence-electron chi connectivity index (χ4n) is 2.76. The standard InChI is InChI=1S/C21H25ClN2O3/c1-4-18(21(26)23-3)24(13-16-11-9-15(2)10-12-16)20(25)14-27-19-8-6-5-7-17(19)22/h5-12,18H,4,13-14H2,1-3H3,(H,23,26)/t18-/m0/s1. The van der Waals surface area contributed by atoms with E-state index in [2.05, 4.69) is 5.32 Å². The van der Waals surface area contributed by atoms with E-state index in [-0.39, 0.29) is 18.4 Å². The van der Waals surface area contributed by atoms with Gasteiger partial charge in [0, 0.05) is 13.6 Å². The van der Waals surface area contributed by atoms with E-state index < -0.39 is 6.04 Å². The maximum Gasteiger partial charge on any atom is 0.261 e. The minimum absolute atomic E-state index is 0.191. The number of hydrogen-bond donors (Lipinski definition) is 1. The summed E-state index contributed by atoms with van der Waals surface area (Å²) in [5.74, 6) is -0.0301. The number of carbonyl (C=O) groups is 2. The van der Waals surface area contributed by atoms with Crippen molar-refractivity contribution in [1.82, 2.24) is 10.2 Å². The molecule has 6 heteroatoms. The number of aryl methyl sites for hydroxylation is 1. The van der Waals surface area contributed by atoms with Gasteiger partial charge in [-0.15, -0.1) is 0 Å². The van der Waals surface area contributed by atoms with Crippen molar-refractivity contribution in [3.05, 3.63) is 64.7 Å². The number of para-hydroxylation sites is 1. The molecule has 0 saturated heterocycles. The Kier molecular flexibility index (Phi) is 7.67. The molecule has 5 nitrogen and oxygen atoms in total. The molecule has 0 unspecified atom stereocenters. The van der Waals surface area contributed by atoms with Crippen LogP contribution in [0.25, 0.3) is 0 Å². The number of likely N-dealkylation sites (N-methyl/N-ethyl adjacent to an activating group) is 1. The minimum Gasteiger partial charge on any atom is -0.482 e. The van der Waals surface area contributed by atoms with Crippen molar-refractivity contribution in [1.29, 1.82) is 0 Å². The van der Waals surface area contributed by atoms with Crippen molar-refractivity contribution in [3.8, 4) is 5.75 Å². The Balaban J connectivity index is 2.19. The Morgan fingerprint density at radius 2 is 1.81 bits per heavy atom. The lowest BCUT2D eigenvalue weighted by atomic mass is 10.1. The summed E-state index contributed by atoms with van der Waals surface area (Å²) in [6, 6.07) is 14.3. The number of nitrogens with zero attached hydrogens (tertiary/aromatic N) is 1. The van der Waals surface area contributed by atoms with E-state index in [0.29, 0.717) is 23.7 Å². The molecule has 0 aliphatic carbocycles. The maximum absolute atomic E-state index is 12.9. The molecule has 1 atom stereocenters. The van der Waals surface area contributed by atoms with Gasteiger partial charge in [-0.1, -0.05) is 60.5 Å². The molecule has 2 amide bonds. The zero-order valence-corrected chi connectivity index (χ0v) is 16.6. The molecule has 0 aromatic heterocycles. The van der Waals surface area contributed by atoms with Crippen molar-refractivity contribution < 1.29 is 14.3 Å². The monoisotopic (exact) mass is 388 g/mol. The first-order valence-electron chi connectivity index (χ1n) is 8.90. The van der Waals surface area contributed by atoms with Crippen LogP contribution in [-0.4, -0.2) is 36.4 Å². The quantitative estimate of drug-likeness (QED) is 0.751. The van der Waals surface area contributed by atoms with E-state index in [1.807, 2.05) is 38.1 Å². The highest BCUT2D eigenvalue weighted by Crippen LogP contribution is 2.23. The van der Waals surface area contributed by atoms with Gasteiger partial charge in [0.05, 0.1) is 5.02 Å². The van der Waals surface area contributed by atoms with Crippen LogP contribution in [0.1, 0.15) is 24.5 Å². The third-order valence-electron chi connectivity index (χ3n) is 4.29. The van der Waals surface area contributed by atoms with Crippen LogP contribution in [0.3, 0.4) is 0 Å². The molecule has 1 N–H and O–H groups in total. The van der Waals surface area contributed by atoms with Crippen LogP contribution in [0.2, 0.25) is 5.02 Å². The summed E-state index contributed by atoms with van der Waals surface area (Å²) in [6.45, 7) is 4.02. The highest BCUT2D eigenvalue weighted by Gasteiger charge is 2.28. The van der Waals surface area contributed by atoms with Crippen LogP contribution in [0.5, 0.6) is 5.75 Å². The van der Waals surface area contributed by atoms with Gasteiger partial charge in [-0.25, -0.2) is 0 Å². The molecule has 0 bridgehead atoms. The number of hydrogen-bond acceptors (Lipinski definition) is 3. The van der Waals surface area contributed by atoms with Gasteiger partial charge in [0.25, 0.3) is 5.91 Å². The Labute approximate surface area is 165 Å². The summed E-state index contributed by atoms with van der Waals surface area (Å²) in [4.78, 5) is 26.7. The fraction of sp³-hybridized carbons (Fsp3) is 0.333. The number of ether oxygens (including phenoxy) is 1. The second kappa shape index (κ2) is 9.97. The lowest BCUT2D eigenvalue weighted by molar-refractivity contribution is -0.142. The molecular weight excluding hydrogens is 364 g/mol. The number of carbonyl (C=O) groups excluding carboxylic acids is 2. The summed E-state index contributed by atoms with van der Waals surface area (Å²) in [6.07, 6.45) is 0.503. The lowest BCUT2D eigenvalue weighted by Gasteiger charge is -2.30. The SMILES string of the molecule is CC[C@@H](C(=O)NC)N(Cc1ccc(C)cc1)C(=O)COc1ccccc1Cl. The van der Waals surface area contributed by atoms with Crippen LogP contribution in [-0.2, 0) is 16.1 Å². The van der Waals surface area contributed by atoms with E-state index in [1.54, 1.807) is 36.2 Å². The fourth-order valence-corrected chi connectivity index (χ4v) is 2.95. The summed E-state index contributed by atoms with van der Waals surface area (Å²) in [5.41, 5.74) is 2.09. The average Bonchev–Trinajstić information content (AvgIpc) is 2.68. The predicted molar refractivity (Wildman–Crippen MR) is 107 cm³/mol. The molecule has 2 aromatic carbocycles. The first-order valence-corrected chi connectivity index (χ1v) is 9.28. The molecule has 2 aromatic rings. The molecule has 0 heterocycles. The maximum atomic E-state index is 12.9. The van der Waals surface area contributed by atoms with Gasteiger partial charge >= 0.3 is 0 Å². The van der Waals surface area contributed by atoms with Crippen LogP contribution in [0, 0.1) is 6.92 Å². The zero-order chi connectivity index (χ0) is 19.8. The second-order valence-corrected chi connectivity index (χ2v) is 6.67. The van der Waals surface area contributed by atoms with Gasteiger partial charge in [-0.2, -0.15) is 0 Å². The number of nitrogens with one attached hydrogen (secondary N) is 1. The topological polar surface area (TPSA) is 58.6 Å². The lowest BCUT2D eigenvalue weighted by Crippen LogP contribution is -2.49. The van der Waals surface area contributed by atoms with Crippen LogP contribution in [0.15, 0.2) is 48.5 Å². The molecule has 0 radical (unpaired) electrons. The normalized spacial score (nSPS) is 11.6. The summed E-state index contributed by atoms with van der Waals surface area (Å²) in [5, 5.41) is 3.07. The Morgan fingerprint density at radius 3 is 2.41 bits per heavy atom. The molecule has 0 aliphatic rings. The van der Waals surface area contributed by atoms with E-state index >= 15 is 0 Å². The van der Waals surface area contributed by atoms with Crippen molar-refractivity contribution in [2.75, 3.05) is 13.7 Å². The van der Waals surface area contributed by atoms with Crippen molar-refractivity contribution in [2.24, 2.45) is 0 Å². The minimum atomic E-state index is -0.571.